The van der Waals surface area contributed by atoms with Crippen molar-refractivity contribution in [2.24, 2.45) is 0 Å². The molecule has 1 aromatic heterocycles. The van der Waals surface area contributed by atoms with Crippen LogP contribution in [0.3, 0.4) is 0 Å². The molecule has 0 radical (unpaired) electrons. The highest BCUT2D eigenvalue weighted by molar-refractivity contribution is 7.89. The Morgan fingerprint density at radius 1 is 1.18 bits per heavy atom. The van der Waals surface area contributed by atoms with Crippen LogP contribution in [0, 0.1) is 6.92 Å². The molecule has 1 aliphatic carbocycles. The van der Waals surface area contributed by atoms with Gasteiger partial charge in [0.15, 0.2) is 0 Å². The van der Waals surface area contributed by atoms with Gasteiger partial charge in [0, 0.05) is 17.6 Å². The summed E-state index contributed by atoms with van der Waals surface area (Å²) in [5.41, 5.74) is 1.20. The summed E-state index contributed by atoms with van der Waals surface area (Å²) in [7, 11) is -3.82. The van der Waals surface area contributed by atoms with Crippen molar-refractivity contribution in [1.82, 2.24) is 14.5 Å². The van der Waals surface area contributed by atoms with Gasteiger partial charge in [0.1, 0.15) is 11.1 Å². The van der Waals surface area contributed by atoms with Gasteiger partial charge >= 0.3 is 0 Å². The second kappa shape index (κ2) is 9.50. The second-order valence-electron chi connectivity index (χ2n) is 8.18. The van der Waals surface area contributed by atoms with Crippen LogP contribution in [0.1, 0.15) is 36.4 Å². The molecule has 0 spiro atoms. The van der Waals surface area contributed by atoms with Gasteiger partial charge in [-0.1, -0.05) is 59.6 Å². The van der Waals surface area contributed by atoms with Crippen molar-refractivity contribution in [2.45, 2.75) is 43.2 Å². The number of halogens is 2. The van der Waals surface area contributed by atoms with Crippen molar-refractivity contribution < 1.29 is 13.2 Å². The topological polar surface area (TPSA) is 110 Å². The number of aryl methyl sites for hydroxylation is 1. The summed E-state index contributed by atoms with van der Waals surface area (Å²) in [5.74, 6) is -0.434. The zero-order valence-corrected chi connectivity index (χ0v) is 20.7. The molecule has 1 aliphatic rings. The van der Waals surface area contributed by atoms with Crippen molar-refractivity contribution in [2.75, 3.05) is 5.32 Å². The molecule has 0 aliphatic heterocycles. The van der Waals surface area contributed by atoms with E-state index < -0.39 is 27.5 Å². The maximum absolute atomic E-state index is 13.1. The molecule has 1 fully saturated rings. The van der Waals surface area contributed by atoms with Gasteiger partial charge in [-0.2, -0.15) is 5.10 Å². The predicted octanol–water partition coefficient (Wildman–Crippen LogP) is 3.89. The van der Waals surface area contributed by atoms with E-state index in [4.69, 9.17) is 23.2 Å². The Morgan fingerprint density at radius 3 is 2.59 bits per heavy atom. The third-order valence-corrected chi connectivity index (χ3v) is 8.10. The molecule has 3 aromatic rings. The van der Waals surface area contributed by atoms with E-state index in [0.29, 0.717) is 5.56 Å². The van der Waals surface area contributed by atoms with Crippen LogP contribution in [0.5, 0.6) is 0 Å². The number of sulfonamides is 1. The van der Waals surface area contributed by atoms with E-state index in [2.05, 4.69) is 15.1 Å². The number of nitrogens with zero attached hydrogens (tertiary/aromatic N) is 2. The minimum Gasteiger partial charge on any atom is -0.324 e. The maximum atomic E-state index is 13.1. The zero-order valence-electron chi connectivity index (χ0n) is 18.3. The van der Waals surface area contributed by atoms with Gasteiger partial charge in [-0.3, -0.25) is 9.59 Å². The van der Waals surface area contributed by atoms with Crippen LogP contribution in [0.15, 0.2) is 64.4 Å². The molecule has 0 bridgehead atoms. The molecule has 1 heterocycles. The standard InChI is InChI=1S/C23H22Cl2N4O4S/c1-13-8-9-16(27-22(30)14(2)29-23(31)21(25)18(24)12-26-29)10-20(13)34(32,33)28-19-11-17(19)15-6-4-3-5-7-15/h3-10,12,14,17,19,28H,11H2,1-2H3,(H,27,30)/t14-,17?,19?/m0/s1. The molecule has 4 rings (SSSR count). The third-order valence-electron chi connectivity index (χ3n) is 5.72. The Morgan fingerprint density at radius 2 is 1.88 bits per heavy atom. The lowest BCUT2D eigenvalue weighted by Crippen LogP contribution is -2.33. The number of anilines is 1. The van der Waals surface area contributed by atoms with Crippen LogP contribution in [0.4, 0.5) is 5.69 Å². The summed E-state index contributed by atoms with van der Waals surface area (Å²) in [6, 6.07) is 13.1. The van der Waals surface area contributed by atoms with Crippen molar-refractivity contribution in [1.29, 1.82) is 0 Å². The fourth-order valence-corrected chi connectivity index (χ4v) is 5.50. The largest absolute Gasteiger partial charge is 0.324 e. The van der Waals surface area contributed by atoms with Crippen LogP contribution in [0.25, 0.3) is 0 Å². The monoisotopic (exact) mass is 520 g/mol. The molecule has 8 nitrogen and oxygen atoms in total. The summed E-state index contributed by atoms with van der Waals surface area (Å²) < 4.78 is 29.8. The minimum absolute atomic E-state index is 0.0124. The number of hydrogen-bond donors (Lipinski definition) is 2. The highest BCUT2D eigenvalue weighted by Gasteiger charge is 2.41. The van der Waals surface area contributed by atoms with Gasteiger partial charge in [-0.25, -0.2) is 17.8 Å². The first-order chi connectivity index (χ1) is 16.1. The highest BCUT2D eigenvalue weighted by atomic mass is 35.5. The molecular weight excluding hydrogens is 499 g/mol. The molecule has 2 aromatic carbocycles. The van der Waals surface area contributed by atoms with Crippen LogP contribution in [0.2, 0.25) is 10.0 Å². The lowest BCUT2D eigenvalue weighted by Gasteiger charge is -2.16. The number of carbonyl (C=O) groups is 1. The first-order valence-electron chi connectivity index (χ1n) is 10.5. The average molecular weight is 521 g/mol. The van der Waals surface area contributed by atoms with E-state index in [-0.39, 0.29) is 32.6 Å². The number of carbonyl (C=O) groups excluding carboxylic acids is 1. The van der Waals surface area contributed by atoms with Gasteiger partial charge in [0.2, 0.25) is 15.9 Å². The van der Waals surface area contributed by atoms with Crippen LogP contribution >= 0.6 is 23.2 Å². The first kappa shape index (κ1) is 24.4. The highest BCUT2D eigenvalue weighted by Crippen LogP contribution is 2.41. The zero-order chi connectivity index (χ0) is 24.6. The number of aromatic nitrogens is 2. The maximum Gasteiger partial charge on any atom is 0.287 e. The van der Waals surface area contributed by atoms with Crippen molar-refractivity contribution in [3.05, 3.63) is 86.3 Å². The Hall–Kier alpha value is -2.72. The lowest BCUT2D eigenvalue weighted by molar-refractivity contribution is -0.119. The Kier molecular flexibility index (Phi) is 6.82. The van der Waals surface area contributed by atoms with Crippen LogP contribution in [-0.4, -0.2) is 30.1 Å². The number of rotatable bonds is 7. The summed E-state index contributed by atoms with van der Waals surface area (Å²) in [4.78, 5) is 25.1. The number of nitrogens with one attached hydrogen (secondary N) is 2. The summed E-state index contributed by atoms with van der Waals surface area (Å²) >= 11 is 11.7. The van der Waals surface area contributed by atoms with Crippen molar-refractivity contribution in [3.8, 4) is 0 Å². The van der Waals surface area contributed by atoms with E-state index in [1.54, 1.807) is 19.1 Å². The van der Waals surface area contributed by atoms with E-state index in [0.717, 1.165) is 16.7 Å². The van der Waals surface area contributed by atoms with E-state index in [1.807, 2.05) is 30.3 Å². The van der Waals surface area contributed by atoms with E-state index in [9.17, 15) is 18.0 Å². The number of hydrogen-bond acceptors (Lipinski definition) is 5. The quantitative estimate of drug-likeness (QED) is 0.490. The SMILES string of the molecule is Cc1ccc(NC(=O)[C@H](C)n2ncc(Cl)c(Cl)c2=O)cc1S(=O)(=O)NC1CC1c1ccccc1. The fraction of sp³-hybridized carbons (Fsp3) is 0.261. The Balaban J connectivity index is 1.50. The fourth-order valence-electron chi connectivity index (χ4n) is 3.68. The number of amides is 1. The van der Waals surface area contributed by atoms with E-state index >= 15 is 0 Å². The summed E-state index contributed by atoms with van der Waals surface area (Å²) in [5, 5.41) is 6.25. The van der Waals surface area contributed by atoms with Gasteiger partial charge in [0.05, 0.1) is 16.1 Å². The lowest BCUT2D eigenvalue weighted by atomic mass is 10.1. The van der Waals surface area contributed by atoms with Gasteiger partial charge in [-0.05, 0) is 43.5 Å². The second-order valence-corrected chi connectivity index (χ2v) is 10.6. The normalized spacial score (nSPS) is 18.4. The van der Waals surface area contributed by atoms with E-state index in [1.165, 1.54) is 19.2 Å². The summed E-state index contributed by atoms with van der Waals surface area (Å²) in [6.45, 7) is 3.15. The van der Waals surface area contributed by atoms with Crippen molar-refractivity contribution in [3.63, 3.8) is 0 Å². The molecule has 178 valence electrons. The molecular formula is C23H22Cl2N4O4S. The number of benzene rings is 2. The molecule has 2 unspecified atom stereocenters. The molecule has 0 saturated heterocycles. The van der Waals surface area contributed by atoms with Crippen molar-refractivity contribution >= 4 is 44.8 Å². The Bertz CT molecular complexity index is 1410. The van der Waals surface area contributed by atoms with Gasteiger partial charge in [0.25, 0.3) is 5.56 Å². The van der Waals surface area contributed by atoms with Gasteiger partial charge < -0.3 is 5.32 Å². The molecule has 11 heteroatoms. The molecule has 2 N–H and O–H groups in total. The molecule has 34 heavy (non-hydrogen) atoms. The van der Waals surface area contributed by atoms with Crippen LogP contribution in [-0.2, 0) is 14.8 Å². The molecule has 3 atom stereocenters. The van der Waals surface area contributed by atoms with Crippen LogP contribution < -0.4 is 15.6 Å². The molecule has 1 saturated carbocycles. The molecule has 1 amide bonds. The van der Waals surface area contributed by atoms with Gasteiger partial charge in [-0.15, -0.1) is 0 Å². The third kappa shape index (κ3) is 5.02. The minimum atomic E-state index is -3.82. The first-order valence-corrected chi connectivity index (χ1v) is 12.7. The average Bonchev–Trinajstić information content (AvgIpc) is 3.57. The Labute approximate surface area is 207 Å². The smallest absolute Gasteiger partial charge is 0.287 e. The predicted molar refractivity (Wildman–Crippen MR) is 131 cm³/mol. The summed E-state index contributed by atoms with van der Waals surface area (Å²) in [6.07, 6.45) is 1.90.